The second-order valence-corrected chi connectivity index (χ2v) is 5.85. The Bertz CT molecular complexity index is 432. The number of ether oxygens (including phenoxy) is 4. The molecule has 6 heteroatoms. The van der Waals surface area contributed by atoms with Crippen LogP contribution in [0.2, 0.25) is 0 Å². The Morgan fingerprint density at radius 2 is 1.77 bits per heavy atom. The summed E-state index contributed by atoms with van der Waals surface area (Å²) in [6.45, 7) is 13.0. The summed E-state index contributed by atoms with van der Waals surface area (Å²) < 4.78 is 21.8. The van der Waals surface area contributed by atoms with E-state index >= 15 is 0 Å². The van der Waals surface area contributed by atoms with Crippen LogP contribution in [0.1, 0.15) is 27.2 Å². The molecule has 0 bridgehead atoms. The summed E-state index contributed by atoms with van der Waals surface area (Å²) in [6.07, 6.45) is 2.24. The minimum atomic E-state index is -0.942. The first-order valence-electron chi connectivity index (χ1n) is 7.16. The molecule has 1 fully saturated rings. The van der Waals surface area contributed by atoms with Crippen LogP contribution in [0.3, 0.4) is 0 Å². The fourth-order valence-corrected chi connectivity index (χ4v) is 2.02. The third-order valence-electron chi connectivity index (χ3n) is 3.62. The van der Waals surface area contributed by atoms with Gasteiger partial charge in [-0.05, 0) is 20.3 Å². The van der Waals surface area contributed by atoms with Crippen molar-refractivity contribution in [2.75, 3.05) is 19.8 Å². The van der Waals surface area contributed by atoms with Gasteiger partial charge >= 0.3 is 11.9 Å². The number of carbonyl (C=O) groups excluding carboxylic acids is 2. The Balaban J connectivity index is 2.62. The molecule has 1 heterocycles. The van der Waals surface area contributed by atoms with E-state index in [1.165, 1.54) is 0 Å². The van der Waals surface area contributed by atoms with Gasteiger partial charge in [0.15, 0.2) is 11.9 Å². The summed E-state index contributed by atoms with van der Waals surface area (Å²) in [4.78, 5) is 22.5. The zero-order valence-electron chi connectivity index (χ0n) is 13.4. The summed E-state index contributed by atoms with van der Waals surface area (Å²) in [5.41, 5.74) is -1.35. The molecule has 0 aliphatic carbocycles. The highest BCUT2D eigenvalue weighted by Gasteiger charge is 2.43. The van der Waals surface area contributed by atoms with Crippen LogP contribution in [-0.4, -0.2) is 43.7 Å². The fraction of sp³-hybridized carbons (Fsp3) is 0.625. The van der Waals surface area contributed by atoms with Crippen molar-refractivity contribution in [1.29, 1.82) is 0 Å². The molecular weight excluding hydrogens is 288 g/mol. The molecule has 0 radical (unpaired) electrons. The predicted octanol–water partition coefficient (Wildman–Crippen LogP) is 1.99. The third-order valence-corrected chi connectivity index (χ3v) is 3.62. The number of hydrogen-bond donors (Lipinski definition) is 0. The topological polar surface area (TPSA) is 71.1 Å². The van der Waals surface area contributed by atoms with Crippen LogP contribution in [0.4, 0.5) is 0 Å². The van der Waals surface area contributed by atoms with Gasteiger partial charge in [0.25, 0.3) is 0 Å². The van der Waals surface area contributed by atoms with E-state index in [0.717, 1.165) is 18.6 Å². The molecule has 0 aromatic rings. The monoisotopic (exact) mass is 312 g/mol. The van der Waals surface area contributed by atoms with E-state index in [0.29, 0.717) is 13.2 Å². The van der Waals surface area contributed by atoms with Gasteiger partial charge < -0.3 is 18.9 Å². The predicted molar refractivity (Wildman–Crippen MR) is 79.9 cm³/mol. The van der Waals surface area contributed by atoms with Crippen molar-refractivity contribution in [3.8, 4) is 0 Å². The molecule has 124 valence electrons. The van der Waals surface area contributed by atoms with Crippen molar-refractivity contribution in [2.24, 2.45) is 5.41 Å². The van der Waals surface area contributed by atoms with Gasteiger partial charge in [0.2, 0.25) is 0 Å². The highest BCUT2D eigenvalue weighted by Crippen LogP contribution is 2.33. The average molecular weight is 312 g/mol. The molecule has 0 atom stereocenters. The largest absolute Gasteiger partial charge is 0.462 e. The standard InChI is InChI=1S/C16H24O6/c1-6-12(17)19-9-16(8-3)10-20-14(21-11-16)15(4,5)22-13(18)7-2/h6-7,14H,1-2,8-11H2,3-5H3. The number of hydrogen-bond acceptors (Lipinski definition) is 6. The van der Waals surface area contributed by atoms with E-state index in [4.69, 9.17) is 18.9 Å². The van der Waals surface area contributed by atoms with Gasteiger partial charge in [-0.3, -0.25) is 0 Å². The van der Waals surface area contributed by atoms with Crippen LogP contribution in [0, 0.1) is 5.41 Å². The lowest BCUT2D eigenvalue weighted by atomic mass is 9.87. The minimum Gasteiger partial charge on any atom is -0.462 e. The summed E-state index contributed by atoms with van der Waals surface area (Å²) >= 11 is 0. The maximum absolute atomic E-state index is 11.3. The van der Waals surface area contributed by atoms with Crippen LogP contribution >= 0.6 is 0 Å². The van der Waals surface area contributed by atoms with Crippen LogP contribution in [0.5, 0.6) is 0 Å². The van der Waals surface area contributed by atoms with Crippen molar-refractivity contribution in [3.05, 3.63) is 25.3 Å². The van der Waals surface area contributed by atoms with Crippen LogP contribution in [-0.2, 0) is 28.5 Å². The van der Waals surface area contributed by atoms with Gasteiger partial charge in [0.05, 0.1) is 18.6 Å². The Labute approximate surface area is 131 Å². The quantitative estimate of drug-likeness (QED) is 0.529. The Kier molecular flexibility index (Phi) is 6.32. The van der Waals surface area contributed by atoms with E-state index in [1.807, 2.05) is 6.92 Å². The average Bonchev–Trinajstić information content (AvgIpc) is 2.52. The first-order chi connectivity index (χ1) is 10.3. The molecule has 0 aromatic carbocycles. The van der Waals surface area contributed by atoms with Crippen molar-refractivity contribution < 1.29 is 28.5 Å². The lowest BCUT2D eigenvalue weighted by Gasteiger charge is -2.43. The van der Waals surface area contributed by atoms with Crippen LogP contribution < -0.4 is 0 Å². The van der Waals surface area contributed by atoms with E-state index in [-0.39, 0.29) is 6.61 Å². The maximum atomic E-state index is 11.3. The second kappa shape index (κ2) is 7.56. The number of carbonyl (C=O) groups is 2. The first kappa shape index (κ1) is 18.4. The van der Waals surface area contributed by atoms with Crippen molar-refractivity contribution in [1.82, 2.24) is 0 Å². The molecule has 0 N–H and O–H groups in total. The van der Waals surface area contributed by atoms with E-state index in [9.17, 15) is 9.59 Å². The molecule has 22 heavy (non-hydrogen) atoms. The van der Waals surface area contributed by atoms with Crippen LogP contribution in [0.15, 0.2) is 25.3 Å². The SMILES string of the molecule is C=CC(=O)OCC1(CC)COC(C(C)(C)OC(=O)C=C)OC1. The highest BCUT2D eigenvalue weighted by molar-refractivity contribution is 5.81. The Morgan fingerprint density at radius 3 is 2.23 bits per heavy atom. The molecule has 1 saturated heterocycles. The molecule has 1 aliphatic rings. The smallest absolute Gasteiger partial charge is 0.330 e. The zero-order valence-corrected chi connectivity index (χ0v) is 13.4. The molecule has 1 aliphatic heterocycles. The first-order valence-corrected chi connectivity index (χ1v) is 7.16. The second-order valence-electron chi connectivity index (χ2n) is 5.85. The summed E-state index contributed by atoms with van der Waals surface area (Å²) in [7, 11) is 0. The maximum Gasteiger partial charge on any atom is 0.330 e. The molecule has 6 nitrogen and oxygen atoms in total. The van der Waals surface area contributed by atoms with E-state index in [1.54, 1.807) is 13.8 Å². The molecular formula is C16H24O6. The minimum absolute atomic E-state index is 0.188. The normalized spacial score (nSPS) is 25.1. The molecule has 0 unspecified atom stereocenters. The molecule has 0 aromatic heterocycles. The lowest BCUT2D eigenvalue weighted by molar-refractivity contribution is -0.293. The fourth-order valence-electron chi connectivity index (χ4n) is 2.02. The van der Waals surface area contributed by atoms with Gasteiger partial charge in [0.1, 0.15) is 6.61 Å². The zero-order chi connectivity index (χ0) is 16.8. The van der Waals surface area contributed by atoms with Gasteiger partial charge in [0, 0.05) is 12.2 Å². The van der Waals surface area contributed by atoms with Crippen molar-refractivity contribution >= 4 is 11.9 Å². The third kappa shape index (κ3) is 4.68. The number of esters is 2. The van der Waals surface area contributed by atoms with Crippen LogP contribution in [0.25, 0.3) is 0 Å². The molecule has 0 spiro atoms. The lowest BCUT2D eigenvalue weighted by Crippen LogP contribution is -2.53. The molecule has 1 rings (SSSR count). The summed E-state index contributed by atoms with van der Waals surface area (Å²) in [6, 6.07) is 0. The number of rotatable bonds is 7. The van der Waals surface area contributed by atoms with Gasteiger partial charge in [-0.25, -0.2) is 9.59 Å². The van der Waals surface area contributed by atoms with Gasteiger partial charge in [-0.2, -0.15) is 0 Å². The molecule has 0 saturated carbocycles. The van der Waals surface area contributed by atoms with E-state index in [2.05, 4.69) is 13.2 Å². The van der Waals surface area contributed by atoms with Gasteiger partial charge in [-0.15, -0.1) is 0 Å². The summed E-state index contributed by atoms with van der Waals surface area (Å²) in [5, 5.41) is 0. The Hall–Kier alpha value is -1.66. The molecule has 0 amide bonds. The summed E-state index contributed by atoms with van der Waals surface area (Å²) in [5.74, 6) is -1.01. The van der Waals surface area contributed by atoms with Gasteiger partial charge in [-0.1, -0.05) is 20.1 Å². The van der Waals surface area contributed by atoms with Crippen molar-refractivity contribution in [3.63, 3.8) is 0 Å². The van der Waals surface area contributed by atoms with E-state index < -0.39 is 29.2 Å². The Morgan fingerprint density at radius 1 is 1.23 bits per heavy atom. The van der Waals surface area contributed by atoms with Crippen molar-refractivity contribution in [2.45, 2.75) is 39.1 Å². The highest BCUT2D eigenvalue weighted by atomic mass is 16.7.